The molecule has 2 rings (SSSR count). The minimum atomic E-state index is -0.680. The third-order valence-electron chi connectivity index (χ3n) is 3.68. The maximum Gasteiger partial charge on any atom is 0.344 e. The Morgan fingerprint density at radius 2 is 1.55 bits per heavy atom. The molecule has 8 heteroatoms. The Balaban J connectivity index is 1.76. The first-order chi connectivity index (χ1) is 14.0. The summed E-state index contributed by atoms with van der Waals surface area (Å²) < 4.78 is 15.9. The number of hydrogen-bond donors (Lipinski definition) is 2. The Morgan fingerprint density at radius 3 is 2.17 bits per heavy atom. The monoisotopic (exact) mass is 400 g/mol. The van der Waals surface area contributed by atoms with Crippen LogP contribution in [0.15, 0.2) is 48.5 Å². The van der Waals surface area contributed by atoms with Gasteiger partial charge >= 0.3 is 5.97 Å². The number of hydrogen-bond acceptors (Lipinski definition) is 6. The van der Waals surface area contributed by atoms with Crippen molar-refractivity contribution < 1.29 is 28.6 Å². The van der Waals surface area contributed by atoms with Crippen LogP contribution in [0.4, 0.5) is 5.69 Å². The molecule has 0 aliphatic heterocycles. The molecule has 0 aliphatic carbocycles. The molecule has 2 amide bonds. The van der Waals surface area contributed by atoms with E-state index in [1.165, 1.54) is 7.05 Å². The lowest BCUT2D eigenvalue weighted by Crippen LogP contribution is -2.24. The number of rotatable bonds is 10. The second-order valence-corrected chi connectivity index (χ2v) is 5.95. The number of ether oxygens (including phenoxy) is 3. The molecule has 0 saturated carbocycles. The number of carbonyl (C=O) groups excluding carboxylic acids is 3. The second-order valence-electron chi connectivity index (χ2n) is 5.95. The summed E-state index contributed by atoms with van der Waals surface area (Å²) in [4.78, 5) is 35.2. The van der Waals surface area contributed by atoms with Gasteiger partial charge in [0, 0.05) is 18.3 Å². The van der Waals surface area contributed by atoms with Crippen LogP contribution < -0.4 is 20.1 Å². The number of amides is 2. The van der Waals surface area contributed by atoms with Gasteiger partial charge in [0.1, 0.15) is 0 Å². The molecule has 0 atom stereocenters. The first kappa shape index (κ1) is 21.7. The molecule has 2 aromatic carbocycles. The summed E-state index contributed by atoms with van der Waals surface area (Å²) in [5, 5.41) is 5.09. The molecule has 0 saturated heterocycles. The molecular formula is C21H24N2O6. The van der Waals surface area contributed by atoms with E-state index in [9.17, 15) is 14.4 Å². The quantitative estimate of drug-likeness (QED) is 0.594. The van der Waals surface area contributed by atoms with Gasteiger partial charge in [-0.15, -0.1) is 0 Å². The maximum absolute atomic E-state index is 11.9. The highest BCUT2D eigenvalue weighted by molar-refractivity contribution is 5.96. The Labute approximate surface area is 169 Å². The molecule has 0 bridgehead atoms. The predicted molar refractivity (Wildman–Crippen MR) is 107 cm³/mol. The molecular weight excluding hydrogens is 376 g/mol. The molecule has 0 heterocycles. The molecule has 29 heavy (non-hydrogen) atoms. The Morgan fingerprint density at radius 1 is 0.897 bits per heavy atom. The van der Waals surface area contributed by atoms with Gasteiger partial charge in [0.15, 0.2) is 24.7 Å². The molecule has 0 aliphatic rings. The smallest absolute Gasteiger partial charge is 0.344 e. The van der Waals surface area contributed by atoms with E-state index < -0.39 is 18.5 Å². The molecule has 154 valence electrons. The predicted octanol–water partition coefficient (Wildman–Crippen LogP) is 2.40. The average molecular weight is 400 g/mol. The zero-order valence-corrected chi connectivity index (χ0v) is 16.4. The highest BCUT2D eigenvalue weighted by Gasteiger charge is 2.11. The van der Waals surface area contributed by atoms with Crippen molar-refractivity contribution in [2.45, 2.75) is 13.3 Å². The van der Waals surface area contributed by atoms with Crippen molar-refractivity contribution in [3.8, 4) is 11.5 Å². The summed E-state index contributed by atoms with van der Waals surface area (Å²) in [6, 6.07) is 13.3. The molecule has 0 aromatic heterocycles. The summed E-state index contributed by atoms with van der Waals surface area (Å²) in [7, 11) is 1.53. The maximum atomic E-state index is 11.9. The molecule has 8 nitrogen and oxygen atoms in total. The molecule has 0 spiro atoms. The number of esters is 1. The van der Waals surface area contributed by atoms with Crippen LogP contribution in [0.3, 0.4) is 0 Å². The lowest BCUT2D eigenvalue weighted by atomic mass is 10.2. The average Bonchev–Trinajstić information content (AvgIpc) is 2.75. The van der Waals surface area contributed by atoms with Crippen LogP contribution in [0.1, 0.15) is 23.7 Å². The molecule has 2 aromatic rings. The van der Waals surface area contributed by atoms with E-state index in [1.54, 1.807) is 42.5 Å². The Kier molecular flexibility index (Phi) is 8.50. The van der Waals surface area contributed by atoms with E-state index in [4.69, 9.17) is 14.2 Å². The van der Waals surface area contributed by atoms with Gasteiger partial charge in [0.25, 0.3) is 11.8 Å². The molecule has 0 radical (unpaired) electrons. The van der Waals surface area contributed by atoms with E-state index in [0.717, 1.165) is 6.42 Å². The highest BCUT2D eigenvalue weighted by Crippen LogP contribution is 2.26. The fraction of sp³-hybridized carbons (Fsp3) is 0.286. The standard InChI is InChI=1S/C21H24N2O6/c1-3-12-27-17-6-4-5-7-18(17)28-14-20(25)29-13-19(24)23-16-10-8-15(9-11-16)21(26)22-2/h4-11H,3,12-14H2,1-2H3,(H,22,26)(H,23,24). The van der Waals surface area contributed by atoms with Crippen LogP contribution in [0.5, 0.6) is 11.5 Å². The Bertz CT molecular complexity index is 835. The van der Waals surface area contributed by atoms with Gasteiger partial charge in [0.05, 0.1) is 6.61 Å². The van der Waals surface area contributed by atoms with Crippen molar-refractivity contribution in [3.63, 3.8) is 0 Å². The first-order valence-corrected chi connectivity index (χ1v) is 9.15. The van der Waals surface area contributed by atoms with Gasteiger partial charge in [-0.3, -0.25) is 9.59 Å². The minimum Gasteiger partial charge on any atom is -0.490 e. The summed E-state index contributed by atoms with van der Waals surface area (Å²) in [5.74, 6) is -0.435. The first-order valence-electron chi connectivity index (χ1n) is 9.15. The second kappa shape index (κ2) is 11.3. The van der Waals surface area contributed by atoms with Crippen molar-refractivity contribution in [1.29, 1.82) is 0 Å². The zero-order chi connectivity index (χ0) is 21.1. The van der Waals surface area contributed by atoms with Gasteiger partial charge in [-0.2, -0.15) is 0 Å². The van der Waals surface area contributed by atoms with Crippen LogP contribution in [0.2, 0.25) is 0 Å². The van der Waals surface area contributed by atoms with Crippen molar-refractivity contribution in [1.82, 2.24) is 5.32 Å². The lowest BCUT2D eigenvalue weighted by molar-refractivity contribution is -0.149. The largest absolute Gasteiger partial charge is 0.490 e. The van der Waals surface area contributed by atoms with Gasteiger partial charge in [-0.25, -0.2) is 4.79 Å². The number of anilines is 1. The van der Waals surface area contributed by atoms with Crippen LogP contribution >= 0.6 is 0 Å². The van der Waals surface area contributed by atoms with E-state index in [2.05, 4.69) is 10.6 Å². The number of carbonyl (C=O) groups is 3. The van der Waals surface area contributed by atoms with Crippen LogP contribution in [-0.2, 0) is 14.3 Å². The van der Waals surface area contributed by atoms with Crippen LogP contribution in [0.25, 0.3) is 0 Å². The topological polar surface area (TPSA) is 103 Å². The van der Waals surface area contributed by atoms with Crippen molar-refractivity contribution >= 4 is 23.5 Å². The summed E-state index contributed by atoms with van der Waals surface area (Å²) in [6.45, 7) is 1.73. The molecule has 0 unspecified atom stereocenters. The lowest BCUT2D eigenvalue weighted by Gasteiger charge is -2.12. The summed E-state index contributed by atoms with van der Waals surface area (Å²) in [5.41, 5.74) is 0.953. The third kappa shape index (κ3) is 7.17. The fourth-order valence-corrected chi connectivity index (χ4v) is 2.27. The van der Waals surface area contributed by atoms with Crippen molar-refractivity contribution in [2.75, 3.05) is 32.2 Å². The van der Waals surface area contributed by atoms with Crippen LogP contribution in [-0.4, -0.2) is 44.7 Å². The third-order valence-corrected chi connectivity index (χ3v) is 3.68. The Hall–Kier alpha value is -3.55. The zero-order valence-electron chi connectivity index (χ0n) is 16.4. The fourth-order valence-electron chi connectivity index (χ4n) is 2.27. The van der Waals surface area contributed by atoms with Crippen LogP contribution in [0, 0.1) is 0 Å². The molecule has 0 fully saturated rings. The SMILES string of the molecule is CCCOc1ccccc1OCC(=O)OCC(=O)Nc1ccc(C(=O)NC)cc1. The summed E-state index contributed by atoms with van der Waals surface area (Å²) >= 11 is 0. The van der Waals surface area contributed by atoms with Gasteiger partial charge in [-0.1, -0.05) is 19.1 Å². The van der Waals surface area contributed by atoms with E-state index >= 15 is 0 Å². The normalized spacial score (nSPS) is 10.0. The van der Waals surface area contributed by atoms with Crippen molar-refractivity contribution in [2.24, 2.45) is 0 Å². The minimum absolute atomic E-state index is 0.224. The number of nitrogens with one attached hydrogen (secondary N) is 2. The molecule has 2 N–H and O–H groups in total. The van der Waals surface area contributed by atoms with Crippen molar-refractivity contribution in [3.05, 3.63) is 54.1 Å². The van der Waals surface area contributed by atoms with E-state index in [0.29, 0.717) is 29.4 Å². The van der Waals surface area contributed by atoms with Gasteiger partial charge < -0.3 is 24.8 Å². The highest BCUT2D eigenvalue weighted by atomic mass is 16.6. The number of para-hydroxylation sites is 2. The van der Waals surface area contributed by atoms with Gasteiger partial charge in [0.2, 0.25) is 0 Å². The van der Waals surface area contributed by atoms with Gasteiger partial charge in [-0.05, 0) is 42.8 Å². The number of benzene rings is 2. The van der Waals surface area contributed by atoms with E-state index in [1.807, 2.05) is 13.0 Å². The summed E-state index contributed by atoms with van der Waals surface area (Å²) in [6.07, 6.45) is 0.847. The van der Waals surface area contributed by atoms with E-state index in [-0.39, 0.29) is 12.5 Å².